The molecule has 0 aromatic rings. The quantitative estimate of drug-likeness (QED) is 0.637. The maximum Gasteiger partial charge on any atom is 0.312 e. The molecule has 1 aliphatic rings. The summed E-state index contributed by atoms with van der Waals surface area (Å²) < 4.78 is 0.203. The summed E-state index contributed by atoms with van der Waals surface area (Å²) in [6.07, 6.45) is 3.81. The fourth-order valence-corrected chi connectivity index (χ4v) is 1.78. The van der Waals surface area contributed by atoms with Gasteiger partial charge in [-0.25, -0.2) is 0 Å². The van der Waals surface area contributed by atoms with E-state index in [0.29, 0.717) is 6.54 Å². The second kappa shape index (κ2) is 4.00. The molecule has 1 fully saturated rings. The Morgan fingerprint density at radius 1 is 1.54 bits per heavy atom. The van der Waals surface area contributed by atoms with Crippen LogP contribution in [0.5, 0.6) is 0 Å². The first kappa shape index (κ1) is 10.4. The molecule has 74 valence electrons. The molecule has 0 aliphatic heterocycles. The van der Waals surface area contributed by atoms with Crippen LogP contribution in [0, 0.1) is 0 Å². The van der Waals surface area contributed by atoms with Crippen LogP contribution < -0.4 is 5.32 Å². The second-order valence-electron chi connectivity index (χ2n) is 3.23. The lowest BCUT2D eigenvalue weighted by atomic mass is 10.3. The van der Waals surface area contributed by atoms with E-state index in [1.165, 1.54) is 0 Å². The molecule has 1 aliphatic carbocycles. The third-order valence-electron chi connectivity index (χ3n) is 2.16. The monoisotopic (exact) mass is 203 g/mol. The number of carboxylic acid groups (broad SMARTS) is 1. The minimum Gasteiger partial charge on any atom is -0.481 e. The number of carboxylic acids is 1. The van der Waals surface area contributed by atoms with Gasteiger partial charge in [0.15, 0.2) is 0 Å². The van der Waals surface area contributed by atoms with Crippen molar-refractivity contribution < 1.29 is 14.7 Å². The van der Waals surface area contributed by atoms with Crippen LogP contribution in [0.1, 0.15) is 19.3 Å². The molecule has 1 amide bonds. The first-order chi connectivity index (χ1) is 6.08. The molecule has 2 N–H and O–H groups in total. The lowest BCUT2D eigenvalue weighted by Crippen LogP contribution is -2.32. The molecule has 0 atom stereocenters. The van der Waals surface area contributed by atoms with Gasteiger partial charge in [-0.05, 0) is 19.1 Å². The normalized spacial score (nSPS) is 17.9. The topological polar surface area (TPSA) is 66.4 Å². The molecule has 1 saturated carbocycles. The van der Waals surface area contributed by atoms with Crippen LogP contribution in [0.15, 0.2) is 0 Å². The highest BCUT2D eigenvalue weighted by molar-refractivity contribution is 8.00. The molecular formula is C8H13NO3S. The fraction of sp³-hybridized carbons (Fsp3) is 0.750. The van der Waals surface area contributed by atoms with Gasteiger partial charge in [0, 0.05) is 11.3 Å². The molecule has 0 aromatic carbocycles. The maximum absolute atomic E-state index is 10.9. The molecule has 0 radical (unpaired) electrons. The van der Waals surface area contributed by atoms with Crippen LogP contribution in [0.3, 0.4) is 0 Å². The van der Waals surface area contributed by atoms with E-state index in [2.05, 4.69) is 5.32 Å². The van der Waals surface area contributed by atoms with Crippen molar-refractivity contribution in [2.24, 2.45) is 0 Å². The van der Waals surface area contributed by atoms with Crippen LogP contribution in [-0.4, -0.2) is 34.5 Å². The van der Waals surface area contributed by atoms with Crippen molar-refractivity contribution in [2.45, 2.75) is 24.0 Å². The first-order valence-electron chi connectivity index (χ1n) is 4.12. The van der Waals surface area contributed by atoms with E-state index >= 15 is 0 Å². The van der Waals surface area contributed by atoms with Gasteiger partial charge >= 0.3 is 5.97 Å². The van der Waals surface area contributed by atoms with Crippen molar-refractivity contribution >= 4 is 23.6 Å². The molecule has 0 unspecified atom stereocenters. The van der Waals surface area contributed by atoms with Gasteiger partial charge in [-0.3, -0.25) is 9.59 Å². The molecule has 1 rings (SSSR count). The summed E-state index contributed by atoms with van der Waals surface area (Å²) in [6.45, 7) is 0.597. The molecule has 13 heavy (non-hydrogen) atoms. The van der Waals surface area contributed by atoms with Crippen molar-refractivity contribution in [3.8, 4) is 0 Å². The van der Waals surface area contributed by atoms with Gasteiger partial charge in [0.1, 0.15) is 6.42 Å². The average molecular weight is 203 g/mol. The van der Waals surface area contributed by atoms with Crippen molar-refractivity contribution in [1.82, 2.24) is 5.32 Å². The van der Waals surface area contributed by atoms with Crippen LogP contribution in [-0.2, 0) is 9.59 Å². The fourth-order valence-electron chi connectivity index (χ4n) is 1.05. The highest BCUT2D eigenvalue weighted by atomic mass is 32.2. The lowest BCUT2D eigenvalue weighted by Gasteiger charge is -2.11. The van der Waals surface area contributed by atoms with Crippen molar-refractivity contribution in [2.75, 3.05) is 12.8 Å². The Kier molecular flexibility index (Phi) is 3.19. The third-order valence-corrected chi connectivity index (χ3v) is 3.58. The molecule has 0 heterocycles. The van der Waals surface area contributed by atoms with E-state index in [1.54, 1.807) is 11.8 Å². The smallest absolute Gasteiger partial charge is 0.312 e. The summed E-state index contributed by atoms with van der Waals surface area (Å²) in [7, 11) is 0. The molecule has 0 bridgehead atoms. The van der Waals surface area contributed by atoms with Crippen LogP contribution in [0.25, 0.3) is 0 Å². The summed E-state index contributed by atoms with van der Waals surface area (Å²) in [5.41, 5.74) is 0. The van der Waals surface area contributed by atoms with Gasteiger partial charge in [-0.2, -0.15) is 11.8 Å². The number of rotatable bonds is 5. The van der Waals surface area contributed by atoms with E-state index in [9.17, 15) is 9.59 Å². The Morgan fingerprint density at radius 2 is 2.15 bits per heavy atom. The summed E-state index contributed by atoms with van der Waals surface area (Å²) >= 11 is 1.74. The van der Waals surface area contributed by atoms with Crippen LogP contribution >= 0.6 is 11.8 Å². The number of hydrogen-bond donors (Lipinski definition) is 2. The Labute approximate surface area is 81.1 Å². The molecule has 0 aromatic heterocycles. The SMILES string of the molecule is CSC1(CNC(=O)CC(=O)O)CC1. The van der Waals surface area contributed by atoms with Crippen LogP contribution in [0.4, 0.5) is 0 Å². The summed E-state index contributed by atoms with van der Waals surface area (Å²) in [4.78, 5) is 21.1. The van der Waals surface area contributed by atoms with Gasteiger partial charge in [0.25, 0.3) is 0 Å². The number of thioether (sulfide) groups is 1. The number of carbonyl (C=O) groups excluding carboxylic acids is 1. The van der Waals surface area contributed by atoms with Crippen molar-refractivity contribution in [3.05, 3.63) is 0 Å². The number of carbonyl (C=O) groups is 2. The zero-order valence-corrected chi connectivity index (χ0v) is 8.32. The van der Waals surface area contributed by atoms with E-state index in [-0.39, 0.29) is 4.75 Å². The minimum absolute atomic E-state index is 0.203. The Bertz CT molecular complexity index is 225. The van der Waals surface area contributed by atoms with Gasteiger partial charge in [0.2, 0.25) is 5.91 Å². The summed E-state index contributed by atoms with van der Waals surface area (Å²) in [5, 5.41) is 10.9. The number of nitrogens with one attached hydrogen (secondary N) is 1. The predicted molar refractivity (Wildman–Crippen MR) is 50.7 cm³/mol. The highest BCUT2D eigenvalue weighted by Crippen LogP contribution is 2.46. The zero-order valence-electron chi connectivity index (χ0n) is 7.50. The maximum atomic E-state index is 10.9. The Morgan fingerprint density at radius 3 is 2.54 bits per heavy atom. The van der Waals surface area contributed by atoms with Crippen molar-refractivity contribution in [3.63, 3.8) is 0 Å². The average Bonchev–Trinajstić information content (AvgIpc) is 2.80. The predicted octanol–water partition coefficient (Wildman–Crippen LogP) is 0.473. The zero-order chi connectivity index (χ0) is 9.90. The summed E-state index contributed by atoms with van der Waals surface area (Å²) in [5.74, 6) is -1.47. The van der Waals surface area contributed by atoms with E-state index < -0.39 is 18.3 Å². The van der Waals surface area contributed by atoms with Crippen molar-refractivity contribution in [1.29, 1.82) is 0 Å². The Balaban J connectivity index is 2.19. The molecular weight excluding hydrogens is 190 g/mol. The van der Waals surface area contributed by atoms with Crippen LogP contribution in [0.2, 0.25) is 0 Å². The van der Waals surface area contributed by atoms with E-state index in [1.807, 2.05) is 6.26 Å². The first-order valence-corrected chi connectivity index (χ1v) is 5.34. The summed E-state index contributed by atoms with van der Waals surface area (Å²) in [6, 6.07) is 0. The highest BCUT2D eigenvalue weighted by Gasteiger charge is 2.41. The van der Waals surface area contributed by atoms with Gasteiger partial charge < -0.3 is 10.4 Å². The molecule has 0 saturated heterocycles. The number of amides is 1. The Hall–Kier alpha value is -0.710. The molecule has 0 spiro atoms. The second-order valence-corrected chi connectivity index (χ2v) is 4.51. The minimum atomic E-state index is -1.08. The standard InChI is InChI=1S/C8H13NO3S/c1-13-8(2-3-8)5-9-6(10)4-7(11)12/h2-5H2,1H3,(H,9,10)(H,11,12). The lowest BCUT2D eigenvalue weighted by molar-refractivity contribution is -0.140. The van der Waals surface area contributed by atoms with Gasteiger partial charge in [-0.1, -0.05) is 0 Å². The van der Waals surface area contributed by atoms with E-state index in [4.69, 9.17) is 5.11 Å². The number of hydrogen-bond acceptors (Lipinski definition) is 3. The van der Waals surface area contributed by atoms with Gasteiger partial charge in [-0.15, -0.1) is 0 Å². The van der Waals surface area contributed by atoms with E-state index in [0.717, 1.165) is 12.8 Å². The van der Waals surface area contributed by atoms with Gasteiger partial charge in [0.05, 0.1) is 0 Å². The third kappa shape index (κ3) is 3.26. The largest absolute Gasteiger partial charge is 0.481 e. The molecule has 5 heteroatoms. The number of aliphatic carboxylic acids is 1. The molecule has 4 nitrogen and oxygen atoms in total.